The number of aromatic hydroxyl groups is 2. The minimum absolute atomic E-state index is 0.0443. The molecular weight excluding hydrogens is 494 g/mol. The molecule has 3 aromatic rings. The molecule has 0 radical (unpaired) electrons. The Morgan fingerprint density at radius 2 is 1.87 bits per heavy atom. The molecule has 2 atom stereocenters. The van der Waals surface area contributed by atoms with Crippen molar-refractivity contribution >= 4 is 16.7 Å². The second-order valence-corrected chi connectivity index (χ2v) is 11.0. The fourth-order valence-corrected chi connectivity index (χ4v) is 5.30. The van der Waals surface area contributed by atoms with Gasteiger partial charge in [-0.1, -0.05) is 30.2 Å². The standard InChI is InChI=1S/C32H39NO6/c1-6-21-15-22(12-13-23(21)31(37)38)33-18-26-24(30(33)36)16-27(34)25-17-28(35)32(5,39-29(25)26)14-8-11-20(4)10-7-9-19(2)3/h9,11-13,15-16,18,28,34-36H,6-8,10,14,17H2,1-5H3,(H,37,38). The topological polar surface area (TPSA) is 112 Å². The van der Waals surface area contributed by atoms with Crippen molar-refractivity contribution in [1.82, 2.24) is 4.57 Å². The number of rotatable bonds is 9. The van der Waals surface area contributed by atoms with Gasteiger partial charge in [-0.15, -0.1) is 0 Å². The highest BCUT2D eigenvalue weighted by molar-refractivity contribution is 5.96. The Balaban J connectivity index is 1.67. The molecule has 2 unspecified atom stereocenters. The molecule has 1 aliphatic rings. The minimum Gasteiger partial charge on any atom is -0.508 e. The van der Waals surface area contributed by atoms with Gasteiger partial charge in [0.2, 0.25) is 5.88 Å². The van der Waals surface area contributed by atoms with E-state index in [0.717, 1.165) is 19.3 Å². The quantitative estimate of drug-likeness (QED) is 0.224. The van der Waals surface area contributed by atoms with Crippen molar-refractivity contribution in [1.29, 1.82) is 0 Å². The van der Waals surface area contributed by atoms with Gasteiger partial charge in [-0.2, -0.15) is 0 Å². The van der Waals surface area contributed by atoms with Gasteiger partial charge in [0.05, 0.1) is 17.1 Å². The number of hydrogen-bond donors (Lipinski definition) is 4. The summed E-state index contributed by atoms with van der Waals surface area (Å²) in [5.41, 5.74) is 3.72. The summed E-state index contributed by atoms with van der Waals surface area (Å²) in [5.74, 6) is -0.672. The molecule has 0 saturated heterocycles. The molecule has 4 rings (SSSR count). The molecule has 1 aliphatic heterocycles. The van der Waals surface area contributed by atoms with E-state index in [1.165, 1.54) is 23.3 Å². The normalized spacial score (nSPS) is 19.0. The molecule has 0 aliphatic carbocycles. The molecule has 0 bridgehead atoms. The second kappa shape index (κ2) is 11.2. The summed E-state index contributed by atoms with van der Waals surface area (Å²) >= 11 is 0. The van der Waals surface area contributed by atoms with E-state index in [2.05, 4.69) is 32.9 Å². The molecule has 2 heterocycles. The lowest BCUT2D eigenvalue weighted by Gasteiger charge is -2.40. The fourth-order valence-electron chi connectivity index (χ4n) is 5.30. The third-order valence-corrected chi connectivity index (χ3v) is 7.77. The lowest BCUT2D eigenvalue weighted by atomic mass is 9.84. The summed E-state index contributed by atoms with van der Waals surface area (Å²) in [6, 6.07) is 6.42. The predicted molar refractivity (Wildman–Crippen MR) is 153 cm³/mol. The summed E-state index contributed by atoms with van der Waals surface area (Å²) < 4.78 is 8.04. The number of carboxylic acids is 1. The van der Waals surface area contributed by atoms with E-state index in [9.17, 15) is 25.2 Å². The highest BCUT2D eigenvalue weighted by Gasteiger charge is 2.41. The predicted octanol–water partition coefficient (Wildman–Crippen LogP) is 6.83. The molecule has 2 aromatic carbocycles. The Kier molecular flexibility index (Phi) is 8.12. The van der Waals surface area contributed by atoms with Crippen LogP contribution < -0.4 is 4.74 Å². The maximum Gasteiger partial charge on any atom is 0.335 e. The third-order valence-electron chi connectivity index (χ3n) is 7.77. The summed E-state index contributed by atoms with van der Waals surface area (Å²) in [7, 11) is 0. The van der Waals surface area contributed by atoms with Crippen LogP contribution >= 0.6 is 0 Å². The number of phenolic OH excluding ortho intramolecular Hbond substituents is 1. The Morgan fingerprint density at radius 3 is 2.54 bits per heavy atom. The number of ether oxygens (including phenoxy) is 1. The van der Waals surface area contributed by atoms with Crippen molar-refractivity contribution in [2.24, 2.45) is 0 Å². The third kappa shape index (κ3) is 5.69. The number of carbonyl (C=O) groups is 1. The van der Waals surface area contributed by atoms with Crippen LogP contribution in [-0.4, -0.2) is 42.7 Å². The molecule has 0 amide bonds. The maximum absolute atomic E-state index is 11.6. The summed E-state index contributed by atoms with van der Waals surface area (Å²) in [6.45, 7) is 10.1. The number of hydrogen-bond acceptors (Lipinski definition) is 5. The van der Waals surface area contributed by atoms with Gasteiger partial charge >= 0.3 is 5.97 Å². The lowest BCUT2D eigenvalue weighted by molar-refractivity contribution is -0.0581. The van der Waals surface area contributed by atoms with Gasteiger partial charge < -0.3 is 25.2 Å². The Morgan fingerprint density at radius 1 is 1.13 bits per heavy atom. The number of phenols is 1. The molecule has 39 heavy (non-hydrogen) atoms. The van der Waals surface area contributed by atoms with Crippen molar-refractivity contribution in [3.8, 4) is 23.1 Å². The van der Waals surface area contributed by atoms with Gasteiger partial charge in [-0.05, 0) is 89.6 Å². The first-order chi connectivity index (χ1) is 18.4. The van der Waals surface area contributed by atoms with Crippen LogP contribution in [0.25, 0.3) is 16.5 Å². The SMILES string of the molecule is CCc1cc(-n2cc3c4c(c(O)cc3c2O)CC(O)C(C)(CCC=C(C)CCC=C(C)C)O4)ccc1C(=O)O. The van der Waals surface area contributed by atoms with Crippen LogP contribution in [-0.2, 0) is 12.8 Å². The van der Waals surface area contributed by atoms with Gasteiger partial charge in [-0.3, -0.25) is 4.57 Å². The molecule has 0 saturated carbocycles. The summed E-state index contributed by atoms with van der Waals surface area (Å²) in [4.78, 5) is 11.6. The first-order valence-corrected chi connectivity index (χ1v) is 13.6. The van der Waals surface area contributed by atoms with Crippen LogP contribution in [0.2, 0.25) is 0 Å². The van der Waals surface area contributed by atoms with E-state index in [4.69, 9.17) is 4.74 Å². The highest BCUT2D eigenvalue weighted by atomic mass is 16.5. The van der Waals surface area contributed by atoms with E-state index < -0.39 is 17.7 Å². The number of benzene rings is 2. The number of aliphatic hydroxyl groups is 1. The van der Waals surface area contributed by atoms with Gasteiger partial charge in [0, 0.05) is 29.3 Å². The van der Waals surface area contributed by atoms with Crippen LogP contribution in [0.4, 0.5) is 0 Å². The van der Waals surface area contributed by atoms with Gasteiger partial charge in [0.25, 0.3) is 0 Å². The van der Waals surface area contributed by atoms with Crippen molar-refractivity contribution in [3.05, 3.63) is 70.5 Å². The van der Waals surface area contributed by atoms with Crippen molar-refractivity contribution < 1.29 is 30.0 Å². The summed E-state index contributed by atoms with van der Waals surface area (Å²) in [6.07, 6.45) is 9.44. The number of aromatic carboxylic acids is 1. The second-order valence-electron chi connectivity index (χ2n) is 11.0. The number of fused-ring (bicyclic) bond motifs is 3. The molecule has 0 fully saturated rings. The molecule has 0 spiro atoms. The van der Waals surface area contributed by atoms with Crippen LogP contribution in [0, 0.1) is 0 Å². The monoisotopic (exact) mass is 533 g/mol. The number of nitrogens with zero attached hydrogens (tertiary/aromatic N) is 1. The van der Waals surface area contributed by atoms with Crippen molar-refractivity contribution in [2.45, 2.75) is 84.8 Å². The first kappa shape index (κ1) is 28.3. The van der Waals surface area contributed by atoms with Crippen molar-refractivity contribution in [2.75, 3.05) is 0 Å². The van der Waals surface area contributed by atoms with E-state index in [-0.39, 0.29) is 23.6 Å². The van der Waals surface area contributed by atoms with Gasteiger partial charge in [0.1, 0.15) is 17.1 Å². The number of allylic oxidation sites excluding steroid dienone is 4. The molecule has 208 valence electrons. The zero-order valence-electron chi connectivity index (χ0n) is 23.4. The average molecular weight is 534 g/mol. The number of aromatic nitrogens is 1. The van der Waals surface area contributed by atoms with Crippen LogP contribution in [0.15, 0.2) is 53.8 Å². The first-order valence-electron chi connectivity index (χ1n) is 13.6. The maximum atomic E-state index is 11.6. The van der Waals surface area contributed by atoms with Gasteiger partial charge in [-0.25, -0.2) is 4.79 Å². The van der Waals surface area contributed by atoms with Crippen LogP contribution in [0.5, 0.6) is 17.4 Å². The smallest absolute Gasteiger partial charge is 0.335 e. The molecular formula is C32H39NO6. The fraction of sp³-hybridized carbons (Fsp3) is 0.406. The molecule has 1 aromatic heterocycles. The van der Waals surface area contributed by atoms with Crippen LogP contribution in [0.1, 0.15) is 81.8 Å². The average Bonchev–Trinajstić information content (AvgIpc) is 3.20. The van der Waals surface area contributed by atoms with E-state index in [1.807, 2.05) is 13.8 Å². The Bertz CT molecular complexity index is 1460. The summed E-state index contributed by atoms with van der Waals surface area (Å²) in [5, 5.41) is 43.5. The zero-order valence-corrected chi connectivity index (χ0v) is 23.4. The lowest BCUT2D eigenvalue weighted by Crippen LogP contribution is -2.48. The molecule has 7 heteroatoms. The number of aryl methyl sites for hydroxylation is 1. The number of aliphatic hydroxyl groups excluding tert-OH is 1. The van der Waals surface area contributed by atoms with Gasteiger partial charge in [0.15, 0.2) is 0 Å². The Labute approximate surface area is 229 Å². The minimum atomic E-state index is -0.997. The Hall–Kier alpha value is -3.71. The van der Waals surface area contributed by atoms with Crippen molar-refractivity contribution in [3.63, 3.8) is 0 Å². The molecule has 4 N–H and O–H groups in total. The largest absolute Gasteiger partial charge is 0.508 e. The molecule has 7 nitrogen and oxygen atoms in total. The number of carboxylic acid groups (broad SMARTS) is 1. The highest BCUT2D eigenvalue weighted by Crippen LogP contribution is 2.48. The zero-order chi connectivity index (χ0) is 28.5. The van der Waals surface area contributed by atoms with E-state index >= 15 is 0 Å². The van der Waals surface area contributed by atoms with E-state index in [0.29, 0.717) is 46.2 Å². The van der Waals surface area contributed by atoms with E-state index in [1.54, 1.807) is 22.9 Å². The van der Waals surface area contributed by atoms with Crippen LogP contribution in [0.3, 0.4) is 0 Å².